The van der Waals surface area contributed by atoms with Crippen molar-refractivity contribution < 1.29 is 4.79 Å². The Hall–Kier alpha value is -1.82. The lowest BCUT2D eigenvalue weighted by atomic mass is 10.2. The summed E-state index contributed by atoms with van der Waals surface area (Å²) in [5.41, 5.74) is 0.570. The fourth-order valence-electron chi connectivity index (χ4n) is 1.32. The van der Waals surface area contributed by atoms with Gasteiger partial charge in [-0.05, 0) is 19.1 Å². The summed E-state index contributed by atoms with van der Waals surface area (Å²) in [6.07, 6.45) is 3.89. The highest BCUT2D eigenvalue weighted by molar-refractivity contribution is 7.11. The molecule has 6 heteroatoms. The molecule has 0 saturated carbocycles. The Morgan fingerprint density at radius 1 is 1.47 bits per heavy atom. The van der Waals surface area contributed by atoms with Crippen molar-refractivity contribution in [1.82, 2.24) is 20.5 Å². The van der Waals surface area contributed by atoms with Gasteiger partial charge in [-0.25, -0.2) is 0 Å². The van der Waals surface area contributed by atoms with E-state index in [0.29, 0.717) is 18.5 Å². The van der Waals surface area contributed by atoms with Gasteiger partial charge < -0.3 is 5.32 Å². The van der Waals surface area contributed by atoms with Crippen LogP contribution in [0.1, 0.15) is 20.4 Å². The van der Waals surface area contributed by atoms with E-state index in [1.807, 2.05) is 6.92 Å². The molecule has 17 heavy (non-hydrogen) atoms. The molecule has 2 heterocycles. The van der Waals surface area contributed by atoms with E-state index in [2.05, 4.69) is 20.5 Å². The van der Waals surface area contributed by atoms with E-state index < -0.39 is 0 Å². The number of carbonyl (C=O) groups excluding carboxylic acids is 1. The van der Waals surface area contributed by atoms with Gasteiger partial charge in [0.1, 0.15) is 10.0 Å². The molecule has 0 fully saturated rings. The molecule has 2 aromatic heterocycles. The molecule has 1 N–H and O–H groups in total. The van der Waals surface area contributed by atoms with Gasteiger partial charge in [-0.3, -0.25) is 9.78 Å². The van der Waals surface area contributed by atoms with Crippen LogP contribution in [0.2, 0.25) is 0 Å². The van der Waals surface area contributed by atoms with Crippen molar-refractivity contribution >= 4 is 17.2 Å². The Morgan fingerprint density at radius 3 is 3.00 bits per heavy atom. The van der Waals surface area contributed by atoms with Crippen molar-refractivity contribution in [2.24, 2.45) is 0 Å². The van der Waals surface area contributed by atoms with Crippen molar-refractivity contribution in [2.75, 3.05) is 6.54 Å². The lowest BCUT2D eigenvalue weighted by Crippen LogP contribution is -2.25. The number of hydrogen-bond donors (Lipinski definition) is 1. The van der Waals surface area contributed by atoms with E-state index in [-0.39, 0.29) is 5.91 Å². The highest BCUT2D eigenvalue weighted by Crippen LogP contribution is 2.07. The smallest absolute Gasteiger partial charge is 0.252 e. The zero-order valence-electron chi connectivity index (χ0n) is 9.38. The van der Waals surface area contributed by atoms with Gasteiger partial charge in [0.05, 0.1) is 5.56 Å². The first-order valence-corrected chi connectivity index (χ1v) is 6.04. The van der Waals surface area contributed by atoms with Crippen molar-refractivity contribution in [3.8, 4) is 0 Å². The van der Waals surface area contributed by atoms with E-state index in [1.54, 1.807) is 35.9 Å². The van der Waals surface area contributed by atoms with Gasteiger partial charge in [0, 0.05) is 25.4 Å². The van der Waals surface area contributed by atoms with Gasteiger partial charge in [-0.15, -0.1) is 21.5 Å². The molecule has 0 saturated heterocycles. The summed E-state index contributed by atoms with van der Waals surface area (Å²) in [7, 11) is 0. The first kappa shape index (κ1) is 11.7. The van der Waals surface area contributed by atoms with Crippen LogP contribution < -0.4 is 5.32 Å². The maximum absolute atomic E-state index is 11.7. The predicted octanol–water partition coefficient (Wildman–Crippen LogP) is 1.21. The van der Waals surface area contributed by atoms with Gasteiger partial charge in [0.2, 0.25) is 0 Å². The van der Waals surface area contributed by atoms with Crippen LogP contribution >= 0.6 is 11.3 Å². The molecule has 0 aliphatic heterocycles. The number of aromatic nitrogens is 3. The Kier molecular flexibility index (Phi) is 3.77. The van der Waals surface area contributed by atoms with Crippen molar-refractivity contribution in [3.05, 3.63) is 40.1 Å². The molecule has 0 spiro atoms. The summed E-state index contributed by atoms with van der Waals surface area (Å²) in [4.78, 5) is 15.6. The van der Waals surface area contributed by atoms with Crippen LogP contribution in [-0.4, -0.2) is 27.6 Å². The number of amides is 1. The number of nitrogens with one attached hydrogen (secondary N) is 1. The highest BCUT2D eigenvalue weighted by atomic mass is 32.1. The quantitative estimate of drug-likeness (QED) is 0.883. The van der Waals surface area contributed by atoms with Crippen molar-refractivity contribution in [3.63, 3.8) is 0 Å². The number of hydrogen-bond acceptors (Lipinski definition) is 5. The maximum Gasteiger partial charge on any atom is 0.252 e. The lowest BCUT2D eigenvalue weighted by Gasteiger charge is -2.02. The maximum atomic E-state index is 11.7. The third-order valence-electron chi connectivity index (χ3n) is 2.12. The van der Waals surface area contributed by atoms with Crippen LogP contribution in [-0.2, 0) is 6.42 Å². The van der Waals surface area contributed by atoms with Crippen LogP contribution in [0.4, 0.5) is 0 Å². The van der Waals surface area contributed by atoms with E-state index >= 15 is 0 Å². The van der Waals surface area contributed by atoms with E-state index in [9.17, 15) is 4.79 Å². The fourth-order valence-corrected chi connectivity index (χ4v) is 2.03. The molecule has 88 valence electrons. The van der Waals surface area contributed by atoms with Crippen LogP contribution in [0.25, 0.3) is 0 Å². The second-order valence-corrected chi connectivity index (χ2v) is 4.73. The number of carbonyl (C=O) groups is 1. The highest BCUT2D eigenvalue weighted by Gasteiger charge is 2.05. The molecular formula is C11H12N4OS. The molecule has 0 aliphatic rings. The van der Waals surface area contributed by atoms with Crippen LogP contribution in [0.3, 0.4) is 0 Å². The summed E-state index contributed by atoms with van der Waals surface area (Å²) in [5, 5.41) is 12.6. The minimum atomic E-state index is -0.112. The number of pyridine rings is 1. The monoisotopic (exact) mass is 248 g/mol. The number of nitrogens with zero attached hydrogens (tertiary/aromatic N) is 3. The van der Waals surface area contributed by atoms with Gasteiger partial charge in [-0.1, -0.05) is 0 Å². The third-order valence-corrected chi connectivity index (χ3v) is 3.01. The van der Waals surface area contributed by atoms with E-state index in [4.69, 9.17) is 0 Å². The Morgan fingerprint density at radius 2 is 2.35 bits per heavy atom. The first-order valence-electron chi connectivity index (χ1n) is 5.23. The molecule has 1 amide bonds. The molecule has 0 aromatic carbocycles. The van der Waals surface area contributed by atoms with Crippen LogP contribution in [0.5, 0.6) is 0 Å². The molecule has 0 bridgehead atoms. The summed E-state index contributed by atoms with van der Waals surface area (Å²) < 4.78 is 0. The Balaban J connectivity index is 1.81. The normalized spacial score (nSPS) is 10.2. The summed E-state index contributed by atoms with van der Waals surface area (Å²) in [6.45, 7) is 2.47. The third kappa shape index (κ3) is 3.32. The molecule has 0 unspecified atom stereocenters. The van der Waals surface area contributed by atoms with E-state index in [0.717, 1.165) is 10.0 Å². The van der Waals surface area contributed by atoms with Gasteiger partial charge in [-0.2, -0.15) is 0 Å². The zero-order valence-corrected chi connectivity index (χ0v) is 10.2. The van der Waals surface area contributed by atoms with E-state index in [1.165, 1.54) is 0 Å². The minimum absolute atomic E-state index is 0.112. The van der Waals surface area contributed by atoms with Crippen LogP contribution in [0.15, 0.2) is 24.5 Å². The molecule has 0 radical (unpaired) electrons. The average molecular weight is 248 g/mol. The van der Waals surface area contributed by atoms with Gasteiger partial charge in [0.25, 0.3) is 5.91 Å². The zero-order chi connectivity index (χ0) is 12.1. The topological polar surface area (TPSA) is 67.8 Å². The summed E-state index contributed by atoms with van der Waals surface area (Å²) in [5.74, 6) is -0.112. The van der Waals surface area contributed by atoms with Crippen molar-refractivity contribution in [2.45, 2.75) is 13.3 Å². The standard InChI is InChI=1S/C11H12N4OS/c1-8-14-15-10(17-8)4-6-13-11(16)9-3-2-5-12-7-9/h2-3,5,7H,4,6H2,1H3,(H,13,16). The summed E-state index contributed by atoms with van der Waals surface area (Å²) in [6, 6.07) is 3.47. The molecule has 0 atom stereocenters. The molecule has 5 nitrogen and oxygen atoms in total. The molecular weight excluding hydrogens is 236 g/mol. The van der Waals surface area contributed by atoms with Crippen molar-refractivity contribution in [1.29, 1.82) is 0 Å². The second kappa shape index (κ2) is 5.49. The summed E-state index contributed by atoms with van der Waals surface area (Å²) >= 11 is 1.55. The Labute approximate surface area is 103 Å². The van der Waals surface area contributed by atoms with Gasteiger partial charge >= 0.3 is 0 Å². The molecule has 0 aliphatic carbocycles. The fraction of sp³-hybridized carbons (Fsp3) is 0.273. The lowest BCUT2D eigenvalue weighted by molar-refractivity contribution is 0.0954. The minimum Gasteiger partial charge on any atom is -0.352 e. The van der Waals surface area contributed by atoms with Gasteiger partial charge in [0.15, 0.2) is 0 Å². The SMILES string of the molecule is Cc1nnc(CCNC(=O)c2cccnc2)s1. The predicted molar refractivity (Wildman–Crippen MR) is 64.9 cm³/mol. The Bertz CT molecular complexity index is 497. The number of aryl methyl sites for hydroxylation is 1. The molecule has 2 aromatic rings. The molecule has 2 rings (SSSR count). The number of rotatable bonds is 4. The first-order chi connectivity index (χ1) is 8.25. The average Bonchev–Trinajstić information content (AvgIpc) is 2.76. The second-order valence-electron chi connectivity index (χ2n) is 3.46. The van der Waals surface area contributed by atoms with Crippen LogP contribution in [0, 0.1) is 6.92 Å². The largest absolute Gasteiger partial charge is 0.352 e.